The Morgan fingerprint density at radius 2 is 1.78 bits per heavy atom. The summed E-state index contributed by atoms with van der Waals surface area (Å²) < 4.78 is 2.18. The number of hydrogen-bond donors (Lipinski definition) is 0. The number of hydrogen-bond acceptors (Lipinski definition) is 1. The minimum atomic E-state index is 0.245. The van der Waals surface area contributed by atoms with Crippen LogP contribution in [-0.4, -0.2) is 9.55 Å². The van der Waals surface area contributed by atoms with Crippen LogP contribution in [0, 0.1) is 0 Å². The molecular formula is C15H13ClN2. The third-order valence-electron chi connectivity index (χ3n) is 3.25. The van der Waals surface area contributed by atoms with E-state index >= 15 is 0 Å². The number of para-hydroxylation sites is 2. The quantitative estimate of drug-likeness (QED) is 0.668. The minimum absolute atomic E-state index is 0.245. The smallest absolute Gasteiger partial charge is 0.0964 e. The molecule has 1 aromatic heterocycles. The van der Waals surface area contributed by atoms with Gasteiger partial charge in [-0.05, 0) is 36.8 Å². The summed E-state index contributed by atoms with van der Waals surface area (Å²) in [6, 6.07) is 16.4. The van der Waals surface area contributed by atoms with Gasteiger partial charge in [0.1, 0.15) is 0 Å². The van der Waals surface area contributed by atoms with Gasteiger partial charge in [0.25, 0.3) is 0 Å². The lowest BCUT2D eigenvalue weighted by molar-refractivity contribution is 0.658. The average Bonchev–Trinajstić information content (AvgIpc) is 2.82. The monoisotopic (exact) mass is 256 g/mol. The number of rotatable bonds is 2. The molecule has 0 aliphatic carbocycles. The Morgan fingerprint density at radius 1 is 1.06 bits per heavy atom. The Morgan fingerprint density at radius 3 is 2.56 bits per heavy atom. The maximum atomic E-state index is 5.92. The van der Waals surface area contributed by atoms with E-state index in [2.05, 4.69) is 34.7 Å². The Labute approximate surface area is 111 Å². The van der Waals surface area contributed by atoms with E-state index in [1.54, 1.807) is 0 Å². The second-order valence-corrected chi connectivity index (χ2v) is 4.80. The molecule has 0 aliphatic heterocycles. The first-order valence-electron chi connectivity index (χ1n) is 5.93. The number of benzene rings is 2. The summed E-state index contributed by atoms with van der Waals surface area (Å²) >= 11 is 5.92. The molecular weight excluding hydrogens is 244 g/mol. The Kier molecular flexibility index (Phi) is 2.80. The molecule has 1 atom stereocenters. The zero-order chi connectivity index (χ0) is 12.5. The number of halogens is 1. The molecule has 0 fully saturated rings. The van der Waals surface area contributed by atoms with Crippen molar-refractivity contribution in [2.45, 2.75) is 13.0 Å². The van der Waals surface area contributed by atoms with Crippen molar-refractivity contribution in [1.82, 2.24) is 9.55 Å². The molecule has 0 N–H and O–H groups in total. The van der Waals surface area contributed by atoms with Crippen molar-refractivity contribution in [2.24, 2.45) is 0 Å². The Bertz CT molecular complexity index is 670. The van der Waals surface area contributed by atoms with Crippen LogP contribution in [0.25, 0.3) is 11.0 Å². The molecule has 3 heteroatoms. The average molecular weight is 257 g/mol. The fourth-order valence-corrected chi connectivity index (χ4v) is 2.31. The van der Waals surface area contributed by atoms with Crippen LogP contribution in [-0.2, 0) is 0 Å². The molecule has 0 spiro atoms. The topological polar surface area (TPSA) is 17.8 Å². The van der Waals surface area contributed by atoms with Crippen LogP contribution in [0.5, 0.6) is 0 Å². The molecule has 18 heavy (non-hydrogen) atoms. The van der Waals surface area contributed by atoms with Gasteiger partial charge >= 0.3 is 0 Å². The van der Waals surface area contributed by atoms with Gasteiger partial charge in [0, 0.05) is 5.02 Å². The van der Waals surface area contributed by atoms with E-state index < -0.39 is 0 Å². The predicted molar refractivity (Wildman–Crippen MR) is 75.0 cm³/mol. The number of fused-ring (bicyclic) bond motifs is 1. The van der Waals surface area contributed by atoms with Crippen LogP contribution in [0.15, 0.2) is 54.9 Å². The van der Waals surface area contributed by atoms with Crippen LogP contribution in [0.1, 0.15) is 18.5 Å². The van der Waals surface area contributed by atoms with E-state index in [4.69, 9.17) is 11.6 Å². The largest absolute Gasteiger partial charge is 0.323 e. The molecule has 1 heterocycles. The molecule has 0 saturated heterocycles. The van der Waals surface area contributed by atoms with Gasteiger partial charge in [-0.15, -0.1) is 0 Å². The fourth-order valence-electron chi connectivity index (χ4n) is 2.19. The maximum absolute atomic E-state index is 5.92. The molecule has 0 bridgehead atoms. The third-order valence-corrected chi connectivity index (χ3v) is 3.50. The van der Waals surface area contributed by atoms with E-state index in [0.29, 0.717) is 0 Å². The van der Waals surface area contributed by atoms with Crippen LogP contribution in [0.3, 0.4) is 0 Å². The SMILES string of the molecule is CC(c1ccc(Cl)cc1)n1cnc2ccccc21. The summed E-state index contributed by atoms with van der Waals surface area (Å²) in [4.78, 5) is 4.42. The first-order valence-corrected chi connectivity index (χ1v) is 6.30. The van der Waals surface area contributed by atoms with E-state index in [0.717, 1.165) is 16.1 Å². The Hall–Kier alpha value is -1.80. The fraction of sp³-hybridized carbons (Fsp3) is 0.133. The number of nitrogens with zero attached hydrogens (tertiary/aromatic N) is 2. The molecule has 1 unspecified atom stereocenters. The highest BCUT2D eigenvalue weighted by molar-refractivity contribution is 6.30. The van der Waals surface area contributed by atoms with Crippen LogP contribution in [0.2, 0.25) is 5.02 Å². The summed E-state index contributed by atoms with van der Waals surface area (Å²) in [5, 5.41) is 0.765. The first kappa shape index (κ1) is 11.3. The van der Waals surface area contributed by atoms with E-state index in [-0.39, 0.29) is 6.04 Å². The molecule has 0 amide bonds. The minimum Gasteiger partial charge on any atom is -0.323 e. The normalized spacial score (nSPS) is 12.8. The molecule has 0 aliphatic rings. The van der Waals surface area contributed by atoms with Gasteiger partial charge in [-0.25, -0.2) is 4.98 Å². The third kappa shape index (κ3) is 1.89. The summed E-state index contributed by atoms with van der Waals surface area (Å²) in [6.45, 7) is 2.16. The predicted octanol–water partition coefficient (Wildman–Crippen LogP) is 4.30. The van der Waals surface area contributed by atoms with Gasteiger partial charge in [0.05, 0.1) is 23.4 Å². The van der Waals surface area contributed by atoms with Crippen molar-refractivity contribution in [1.29, 1.82) is 0 Å². The zero-order valence-corrected chi connectivity index (χ0v) is 10.8. The van der Waals surface area contributed by atoms with Gasteiger partial charge < -0.3 is 4.57 Å². The molecule has 0 radical (unpaired) electrons. The van der Waals surface area contributed by atoms with Crippen molar-refractivity contribution in [3.8, 4) is 0 Å². The molecule has 2 aromatic carbocycles. The van der Waals surface area contributed by atoms with Gasteiger partial charge in [0.15, 0.2) is 0 Å². The molecule has 2 nitrogen and oxygen atoms in total. The summed E-state index contributed by atoms with van der Waals surface area (Å²) in [6.07, 6.45) is 1.89. The molecule has 0 saturated carbocycles. The lowest BCUT2D eigenvalue weighted by Gasteiger charge is -2.14. The lowest BCUT2D eigenvalue weighted by Crippen LogP contribution is -2.04. The zero-order valence-electron chi connectivity index (χ0n) is 10.0. The summed E-state index contributed by atoms with van der Waals surface area (Å²) in [5.74, 6) is 0. The van der Waals surface area contributed by atoms with Gasteiger partial charge in [-0.2, -0.15) is 0 Å². The summed E-state index contributed by atoms with van der Waals surface area (Å²) in [5.41, 5.74) is 3.40. The highest BCUT2D eigenvalue weighted by atomic mass is 35.5. The second-order valence-electron chi connectivity index (χ2n) is 4.37. The molecule has 3 aromatic rings. The highest BCUT2D eigenvalue weighted by Gasteiger charge is 2.10. The van der Waals surface area contributed by atoms with Crippen LogP contribution in [0.4, 0.5) is 0 Å². The van der Waals surface area contributed by atoms with E-state index in [1.165, 1.54) is 5.56 Å². The van der Waals surface area contributed by atoms with Crippen LogP contribution < -0.4 is 0 Å². The summed E-state index contributed by atoms with van der Waals surface area (Å²) in [7, 11) is 0. The van der Waals surface area contributed by atoms with Crippen molar-refractivity contribution < 1.29 is 0 Å². The maximum Gasteiger partial charge on any atom is 0.0964 e. The Balaban J connectivity index is 2.06. The lowest BCUT2D eigenvalue weighted by atomic mass is 10.1. The molecule has 3 rings (SSSR count). The van der Waals surface area contributed by atoms with Gasteiger partial charge in [0.2, 0.25) is 0 Å². The first-order chi connectivity index (χ1) is 8.75. The second kappa shape index (κ2) is 4.46. The standard InChI is InChI=1S/C15H13ClN2/c1-11(12-6-8-13(16)9-7-12)18-10-17-14-4-2-3-5-15(14)18/h2-11H,1H3. The highest BCUT2D eigenvalue weighted by Crippen LogP contribution is 2.24. The van der Waals surface area contributed by atoms with E-state index in [9.17, 15) is 0 Å². The van der Waals surface area contributed by atoms with Crippen molar-refractivity contribution in [3.63, 3.8) is 0 Å². The van der Waals surface area contributed by atoms with Crippen molar-refractivity contribution in [3.05, 3.63) is 65.4 Å². The van der Waals surface area contributed by atoms with Crippen LogP contribution >= 0.6 is 11.6 Å². The van der Waals surface area contributed by atoms with Gasteiger partial charge in [-0.1, -0.05) is 35.9 Å². The van der Waals surface area contributed by atoms with Gasteiger partial charge in [-0.3, -0.25) is 0 Å². The van der Waals surface area contributed by atoms with E-state index in [1.807, 2.05) is 36.7 Å². The van der Waals surface area contributed by atoms with Crippen molar-refractivity contribution in [2.75, 3.05) is 0 Å². The van der Waals surface area contributed by atoms with Crippen molar-refractivity contribution >= 4 is 22.6 Å². The number of imidazole rings is 1. The number of aromatic nitrogens is 2. The molecule has 90 valence electrons.